The minimum atomic E-state index is -0.469. The van der Waals surface area contributed by atoms with E-state index in [2.05, 4.69) is 10.4 Å². The molecule has 1 atom stereocenters. The summed E-state index contributed by atoms with van der Waals surface area (Å²) >= 11 is 0. The predicted molar refractivity (Wildman–Crippen MR) is 71.4 cm³/mol. The fourth-order valence-corrected chi connectivity index (χ4v) is 1.88. The molecule has 6 nitrogen and oxygen atoms in total. The first-order chi connectivity index (χ1) is 9.13. The van der Waals surface area contributed by atoms with E-state index in [1.165, 1.54) is 10.9 Å². The number of hydrogen-bond acceptors (Lipinski definition) is 4. The summed E-state index contributed by atoms with van der Waals surface area (Å²) in [7, 11) is 1.64. The summed E-state index contributed by atoms with van der Waals surface area (Å²) in [5.41, 5.74) is 7.12. The fourth-order valence-electron chi connectivity index (χ4n) is 1.88. The van der Waals surface area contributed by atoms with Gasteiger partial charge in [-0.1, -0.05) is 30.3 Å². The smallest absolute Gasteiger partial charge is 0.272 e. The van der Waals surface area contributed by atoms with Crippen LogP contribution in [0.25, 0.3) is 0 Å². The van der Waals surface area contributed by atoms with Gasteiger partial charge in [0.2, 0.25) is 0 Å². The van der Waals surface area contributed by atoms with Crippen LogP contribution in [0.5, 0.6) is 0 Å². The third kappa shape index (κ3) is 2.74. The minimum Gasteiger partial charge on any atom is -0.396 e. The molecular weight excluding hydrogens is 244 g/mol. The number of rotatable bonds is 4. The first-order valence-corrected chi connectivity index (χ1v) is 5.87. The normalized spacial score (nSPS) is 12.1. The first kappa shape index (κ1) is 13.1. The van der Waals surface area contributed by atoms with Crippen LogP contribution in [0.15, 0.2) is 36.5 Å². The molecule has 1 amide bonds. The zero-order valence-electron chi connectivity index (χ0n) is 10.6. The third-order valence-electron chi connectivity index (χ3n) is 2.87. The molecule has 2 aromatic rings. The Morgan fingerprint density at radius 2 is 2.16 bits per heavy atom. The van der Waals surface area contributed by atoms with Crippen LogP contribution < -0.4 is 11.1 Å². The van der Waals surface area contributed by atoms with Gasteiger partial charge in [0, 0.05) is 7.05 Å². The van der Waals surface area contributed by atoms with Gasteiger partial charge >= 0.3 is 0 Å². The lowest BCUT2D eigenvalue weighted by Gasteiger charge is -2.16. The van der Waals surface area contributed by atoms with E-state index in [0.717, 1.165) is 5.56 Å². The third-order valence-corrected chi connectivity index (χ3v) is 2.87. The Balaban J connectivity index is 2.18. The highest BCUT2D eigenvalue weighted by Crippen LogP contribution is 2.15. The summed E-state index contributed by atoms with van der Waals surface area (Å²) in [6.45, 7) is -0.187. The van der Waals surface area contributed by atoms with Crippen molar-refractivity contribution in [2.75, 3.05) is 12.3 Å². The summed E-state index contributed by atoms with van der Waals surface area (Å²) in [5, 5.41) is 16.0. The van der Waals surface area contributed by atoms with Crippen molar-refractivity contribution in [1.82, 2.24) is 15.1 Å². The molecule has 0 unspecified atom stereocenters. The van der Waals surface area contributed by atoms with Gasteiger partial charge in [0.25, 0.3) is 5.91 Å². The van der Waals surface area contributed by atoms with E-state index in [4.69, 9.17) is 5.73 Å². The van der Waals surface area contributed by atoms with Crippen molar-refractivity contribution < 1.29 is 9.90 Å². The van der Waals surface area contributed by atoms with Gasteiger partial charge in [-0.25, -0.2) is 0 Å². The first-order valence-electron chi connectivity index (χ1n) is 5.87. The van der Waals surface area contributed by atoms with Crippen LogP contribution >= 0.6 is 0 Å². The summed E-state index contributed by atoms with van der Waals surface area (Å²) in [6.07, 6.45) is 1.42. The number of hydrogen-bond donors (Lipinski definition) is 3. The van der Waals surface area contributed by atoms with E-state index in [-0.39, 0.29) is 18.2 Å². The van der Waals surface area contributed by atoms with Crippen LogP contribution in [0, 0.1) is 0 Å². The second-order valence-corrected chi connectivity index (χ2v) is 4.19. The van der Waals surface area contributed by atoms with Crippen LogP contribution in [0.3, 0.4) is 0 Å². The molecule has 100 valence electrons. The highest BCUT2D eigenvalue weighted by atomic mass is 16.3. The van der Waals surface area contributed by atoms with E-state index in [1.807, 2.05) is 30.3 Å². The molecule has 0 spiro atoms. The van der Waals surface area contributed by atoms with Gasteiger partial charge in [-0.2, -0.15) is 5.10 Å². The molecular formula is C13H16N4O2. The lowest BCUT2D eigenvalue weighted by atomic mass is 10.1. The van der Waals surface area contributed by atoms with Crippen molar-refractivity contribution >= 4 is 11.6 Å². The summed E-state index contributed by atoms with van der Waals surface area (Å²) in [4.78, 5) is 12.1. The van der Waals surface area contributed by atoms with Crippen molar-refractivity contribution in [3.8, 4) is 0 Å². The summed E-state index contributed by atoms with van der Waals surface area (Å²) < 4.78 is 1.41. The number of aryl methyl sites for hydroxylation is 1. The van der Waals surface area contributed by atoms with Crippen molar-refractivity contribution in [3.05, 3.63) is 47.8 Å². The Morgan fingerprint density at radius 1 is 1.47 bits per heavy atom. The number of aromatic nitrogens is 2. The summed E-state index contributed by atoms with van der Waals surface area (Å²) in [6, 6.07) is 8.79. The Morgan fingerprint density at radius 3 is 2.68 bits per heavy atom. The van der Waals surface area contributed by atoms with Gasteiger partial charge in [-0.05, 0) is 5.56 Å². The van der Waals surface area contributed by atoms with Crippen LogP contribution in [-0.2, 0) is 7.05 Å². The van der Waals surface area contributed by atoms with E-state index in [1.54, 1.807) is 7.05 Å². The van der Waals surface area contributed by atoms with Gasteiger partial charge in [0.15, 0.2) is 0 Å². The molecule has 4 N–H and O–H groups in total. The monoisotopic (exact) mass is 260 g/mol. The van der Waals surface area contributed by atoms with E-state index >= 15 is 0 Å². The largest absolute Gasteiger partial charge is 0.396 e. The van der Waals surface area contributed by atoms with E-state index in [0.29, 0.717) is 5.69 Å². The number of nitrogens with one attached hydrogen (secondary N) is 1. The molecule has 0 saturated heterocycles. The molecule has 0 aliphatic carbocycles. The van der Waals surface area contributed by atoms with Crippen molar-refractivity contribution in [3.63, 3.8) is 0 Å². The number of aliphatic hydroxyl groups is 1. The van der Waals surface area contributed by atoms with Crippen LogP contribution in [-0.4, -0.2) is 27.4 Å². The Bertz CT molecular complexity index is 546. The number of anilines is 1. The maximum Gasteiger partial charge on any atom is 0.272 e. The lowest BCUT2D eigenvalue weighted by molar-refractivity contribution is 0.0907. The number of nitrogens with two attached hydrogens (primary N) is 1. The van der Waals surface area contributed by atoms with E-state index < -0.39 is 6.04 Å². The molecule has 2 rings (SSSR count). The highest BCUT2D eigenvalue weighted by Gasteiger charge is 2.19. The van der Waals surface area contributed by atoms with E-state index in [9.17, 15) is 9.90 Å². The van der Waals surface area contributed by atoms with Crippen LogP contribution in [0.1, 0.15) is 22.1 Å². The zero-order chi connectivity index (χ0) is 13.8. The van der Waals surface area contributed by atoms with Crippen molar-refractivity contribution in [2.45, 2.75) is 6.04 Å². The highest BCUT2D eigenvalue weighted by molar-refractivity contribution is 5.97. The molecule has 1 aromatic carbocycles. The van der Waals surface area contributed by atoms with Gasteiger partial charge in [0.05, 0.1) is 24.5 Å². The second-order valence-electron chi connectivity index (χ2n) is 4.19. The molecule has 0 radical (unpaired) electrons. The molecule has 19 heavy (non-hydrogen) atoms. The standard InChI is InChI=1S/C13H16N4O2/c1-17-12(10(14)7-15-17)13(19)16-11(8-18)9-5-3-2-4-6-9/h2-7,11,18H,8,14H2,1H3,(H,16,19)/t11-/m0/s1. The van der Waals surface area contributed by atoms with Crippen LogP contribution in [0.2, 0.25) is 0 Å². The minimum absolute atomic E-state index is 0.187. The maximum atomic E-state index is 12.1. The number of benzene rings is 1. The molecule has 6 heteroatoms. The second kappa shape index (κ2) is 5.53. The fraction of sp³-hybridized carbons (Fsp3) is 0.231. The number of aliphatic hydroxyl groups excluding tert-OH is 1. The van der Waals surface area contributed by atoms with Gasteiger partial charge < -0.3 is 16.2 Å². The SMILES string of the molecule is Cn1ncc(N)c1C(=O)N[C@@H](CO)c1ccccc1. The Hall–Kier alpha value is -2.34. The molecule has 1 heterocycles. The average molecular weight is 260 g/mol. The summed E-state index contributed by atoms with van der Waals surface area (Å²) in [5.74, 6) is -0.361. The van der Waals surface area contributed by atoms with Crippen LogP contribution in [0.4, 0.5) is 5.69 Å². The molecule has 0 aliphatic rings. The lowest BCUT2D eigenvalue weighted by Crippen LogP contribution is -2.32. The van der Waals surface area contributed by atoms with Gasteiger partial charge in [-0.3, -0.25) is 9.48 Å². The maximum absolute atomic E-state index is 12.1. The zero-order valence-corrected chi connectivity index (χ0v) is 10.6. The van der Waals surface area contributed by atoms with Crippen molar-refractivity contribution in [2.24, 2.45) is 7.05 Å². The van der Waals surface area contributed by atoms with Gasteiger partial charge in [0.1, 0.15) is 5.69 Å². The average Bonchev–Trinajstić information content (AvgIpc) is 2.76. The number of amides is 1. The number of carbonyl (C=O) groups excluding carboxylic acids is 1. The number of nitrogen functional groups attached to an aromatic ring is 1. The molecule has 0 saturated carbocycles. The molecule has 0 bridgehead atoms. The quantitative estimate of drug-likeness (QED) is 0.744. The Labute approximate surface area is 110 Å². The van der Waals surface area contributed by atoms with Crippen molar-refractivity contribution in [1.29, 1.82) is 0 Å². The number of carbonyl (C=O) groups is 1. The topological polar surface area (TPSA) is 93.2 Å². The molecule has 0 aliphatic heterocycles. The molecule has 0 fully saturated rings. The van der Waals surface area contributed by atoms with Gasteiger partial charge in [-0.15, -0.1) is 0 Å². The number of nitrogens with zero attached hydrogens (tertiary/aromatic N) is 2. The molecule has 1 aromatic heterocycles. The Kier molecular flexibility index (Phi) is 3.82. The predicted octanol–water partition coefficient (Wildman–Crippen LogP) is 0.466.